The van der Waals surface area contributed by atoms with Gasteiger partial charge in [-0.05, 0) is 20.8 Å². The Bertz CT molecular complexity index is 97.5. The van der Waals surface area contributed by atoms with E-state index in [2.05, 4.69) is 4.99 Å². The third-order valence-electron chi connectivity index (χ3n) is 0.420. The van der Waals surface area contributed by atoms with Crippen LogP contribution in [0.25, 0.3) is 0 Å². The summed E-state index contributed by atoms with van der Waals surface area (Å²) in [7, 11) is 0. The van der Waals surface area contributed by atoms with Crippen LogP contribution in [0.2, 0.25) is 0 Å². The summed E-state index contributed by atoms with van der Waals surface area (Å²) in [5, 5.41) is 0. The lowest BCUT2D eigenvalue weighted by Crippen LogP contribution is -2.10. The third-order valence-corrected chi connectivity index (χ3v) is 0.420. The summed E-state index contributed by atoms with van der Waals surface area (Å²) in [5.74, 6) is 0. The number of hydrogen-bond acceptors (Lipinski definition) is 1. The summed E-state index contributed by atoms with van der Waals surface area (Å²) in [6.45, 7) is 4.85. The molecule has 0 saturated carbocycles. The molecule has 1 nitrogen and oxygen atoms in total. The molecule has 0 aromatic rings. The van der Waals surface area contributed by atoms with Crippen molar-refractivity contribution in [3.8, 4) is 0 Å². The fourth-order valence-electron chi connectivity index (χ4n) is 0.254. The van der Waals surface area contributed by atoms with Crippen molar-refractivity contribution in [2.24, 2.45) is 4.99 Å². The fourth-order valence-corrected chi connectivity index (χ4v) is 0.254. The van der Waals surface area contributed by atoms with Crippen molar-refractivity contribution in [1.82, 2.24) is 0 Å². The predicted octanol–water partition coefficient (Wildman–Crippen LogP) is 2.08. The zero-order valence-corrected chi connectivity index (χ0v) is 5.20. The minimum Gasteiger partial charge on any atom is -0.226 e. The second-order valence-corrected chi connectivity index (χ2v) is 2.52. The molecule has 0 aliphatic rings. The Morgan fingerprint density at radius 1 is 1.25 bits per heavy atom. The summed E-state index contributed by atoms with van der Waals surface area (Å²) in [4.78, 5) is 2.99. The Labute approximate surface area is 47.4 Å². The Morgan fingerprint density at radius 2 is 1.62 bits per heavy atom. The molecule has 0 bridgehead atoms. The minimum absolute atomic E-state index is 0.640. The first-order valence-electron chi connectivity index (χ1n) is 2.33. The van der Waals surface area contributed by atoms with Gasteiger partial charge in [0.2, 0.25) is 0 Å². The SMILES string of the molecule is CC(C)(C)N=C(F)F. The van der Waals surface area contributed by atoms with Crippen LogP contribution in [0.5, 0.6) is 0 Å². The van der Waals surface area contributed by atoms with Gasteiger partial charge in [-0.25, -0.2) is 4.99 Å². The minimum atomic E-state index is -1.85. The Morgan fingerprint density at radius 3 is 1.62 bits per heavy atom. The Hall–Kier alpha value is -0.470. The third kappa shape index (κ3) is 5.53. The van der Waals surface area contributed by atoms with Gasteiger partial charge in [0.1, 0.15) is 0 Å². The molecule has 0 rings (SSSR count). The predicted molar refractivity (Wildman–Crippen MR) is 29.4 cm³/mol. The van der Waals surface area contributed by atoms with E-state index in [1.54, 1.807) is 20.8 Å². The monoisotopic (exact) mass is 121 g/mol. The topological polar surface area (TPSA) is 12.4 Å². The van der Waals surface area contributed by atoms with Crippen molar-refractivity contribution in [2.45, 2.75) is 26.3 Å². The van der Waals surface area contributed by atoms with Gasteiger partial charge in [0.05, 0.1) is 5.54 Å². The highest BCUT2D eigenvalue weighted by Crippen LogP contribution is 2.06. The van der Waals surface area contributed by atoms with E-state index < -0.39 is 11.8 Å². The van der Waals surface area contributed by atoms with Gasteiger partial charge in [0.25, 0.3) is 0 Å². The lowest BCUT2D eigenvalue weighted by atomic mass is 10.1. The molecule has 0 amide bonds. The largest absolute Gasteiger partial charge is 0.361 e. The average Bonchev–Trinajstić information content (AvgIpc) is 1.21. The van der Waals surface area contributed by atoms with Crippen molar-refractivity contribution in [2.75, 3.05) is 0 Å². The number of nitrogens with zero attached hydrogens (tertiary/aromatic N) is 1. The van der Waals surface area contributed by atoms with Gasteiger partial charge < -0.3 is 0 Å². The molecule has 0 aromatic carbocycles. The molecule has 0 unspecified atom stereocenters. The van der Waals surface area contributed by atoms with E-state index in [-0.39, 0.29) is 0 Å². The van der Waals surface area contributed by atoms with Crippen molar-refractivity contribution >= 4 is 6.22 Å². The number of halogens is 2. The van der Waals surface area contributed by atoms with Gasteiger partial charge in [-0.15, -0.1) is 0 Å². The second kappa shape index (κ2) is 2.20. The van der Waals surface area contributed by atoms with E-state index >= 15 is 0 Å². The van der Waals surface area contributed by atoms with Gasteiger partial charge in [-0.1, -0.05) is 0 Å². The molecular formula is C5H9F2N. The van der Waals surface area contributed by atoms with Gasteiger partial charge in [-0.3, -0.25) is 0 Å². The van der Waals surface area contributed by atoms with Crippen molar-refractivity contribution in [3.05, 3.63) is 0 Å². The van der Waals surface area contributed by atoms with Crippen LogP contribution >= 0.6 is 0 Å². The molecule has 0 N–H and O–H groups in total. The molecule has 0 heterocycles. The molecule has 0 spiro atoms. The average molecular weight is 121 g/mol. The quantitative estimate of drug-likeness (QED) is 0.435. The summed E-state index contributed by atoms with van der Waals surface area (Å²) >= 11 is 0. The van der Waals surface area contributed by atoms with E-state index in [0.717, 1.165) is 0 Å². The highest BCUT2D eigenvalue weighted by molar-refractivity contribution is 5.64. The molecule has 0 fully saturated rings. The van der Waals surface area contributed by atoms with Crippen LogP contribution in [-0.4, -0.2) is 11.8 Å². The molecule has 0 aliphatic carbocycles. The standard InChI is InChI=1S/C5H9F2N/c1-5(2,3)8-4(6)7/h1-3H3. The first-order valence-corrected chi connectivity index (χ1v) is 2.33. The van der Waals surface area contributed by atoms with Gasteiger partial charge >= 0.3 is 6.22 Å². The molecule has 0 radical (unpaired) electrons. The van der Waals surface area contributed by atoms with Crippen molar-refractivity contribution in [1.29, 1.82) is 0 Å². The van der Waals surface area contributed by atoms with Crippen LogP contribution in [0.15, 0.2) is 4.99 Å². The highest BCUT2D eigenvalue weighted by Gasteiger charge is 2.08. The van der Waals surface area contributed by atoms with Crippen LogP contribution in [0.4, 0.5) is 8.78 Å². The molecular weight excluding hydrogens is 112 g/mol. The first-order chi connectivity index (χ1) is 3.42. The van der Waals surface area contributed by atoms with Crippen molar-refractivity contribution < 1.29 is 8.78 Å². The van der Waals surface area contributed by atoms with Crippen LogP contribution in [0.1, 0.15) is 20.8 Å². The Kier molecular flexibility index (Phi) is 2.07. The number of aliphatic imine (C=N–C) groups is 1. The number of rotatable bonds is 0. The first kappa shape index (κ1) is 7.53. The molecule has 3 heteroatoms. The highest BCUT2D eigenvalue weighted by atomic mass is 19.3. The number of hydrogen-bond donors (Lipinski definition) is 0. The summed E-state index contributed by atoms with van der Waals surface area (Å²) < 4.78 is 22.6. The maximum Gasteiger partial charge on any atom is 0.361 e. The zero-order valence-electron chi connectivity index (χ0n) is 5.20. The lowest BCUT2D eigenvalue weighted by Gasteiger charge is -2.08. The molecule has 0 saturated heterocycles. The summed E-state index contributed by atoms with van der Waals surface area (Å²) in [6, 6.07) is 0. The molecule has 48 valence electrons. The fraction of sp³-hybridized carbons (Fsp3) is 0.800. The van der Waals surface area contributed by atoms with Crippen LogP contribution in [0.3, 0.4) is 0 Å². The van der Waals surface area contributed by atoms with E-state index in [4.69, 9.17) is 0 Å². The van der Waals surface area contributed by atoms with Gasteiger partial charge in [-0.2, -0.15) is 8.78 Å². The van der Waals surface area contributed by atoms with Crippen LogP contribution < -0.4 is 0 Å². The maximum atomic E-state index is 11.3. The maximum absolute atomic E-state index is 11.3. The van der Waals surface area contributed by atoms with E-state index in [0.29, 0.717) is 0 Å². The second-order valence-electron chi connectivity index (χ2n) is 2.52. The van der Waals surface area contributed by atoms with E-state index in [9.17, 15) is 8.78 Å². The van der Waals surface area contributed by atoms with Gasteiger partial charge in [0, 0.05) is 0 Å². The summed E-state index contributed by atoms with van der Waals surface area (Å²) in [5.41, 5.74) is -0.640. The molecule has 0 aromatic heterocycles. The summed E-state index contributed by atoms with van der Waals surface area (Å²) in [6.07, 6.45) is -1.85. The van der Waals surface area contributed by atoms with E-state index in [1.165, 1.54) is 0 Å². The molecule has 8 heavy (non-hydrogen) atoms. The normalized spacial score (nSPS) is 11.1. The smallest absolute Gasteiger partial charge is 0.226 e. The molecule has 0 aliphatic heterocycles. The van der Waals surface area contributed by atoms with Gasteiger partial charge in [0.15, 0.2) is 0 Å². The van der Waals surface area contributed by atoms with Crippen molar-refractivity contribution in [3.63, 3.8) is 0 Å². The lowest BCUT2D eigenvalue weighted by molar-refractivity contribution is 0.524. The molecule has 0 atom stereocenters. The van der Waals surface area contributed by atoms with Crippen LogP contribution in [-0.2, 0) is 0 Å². The Balaban J connectivity index is 3.89. The zero-order chi connectivity index (χ0) is 6.78. The van der Waals surface area contributed by atoms with Crippen LogP contribution in [0, 0.1) is 0 Å². The van der Waals surface area contributed by atoms with E-state index in [1.807, 2.05) is 0 Å².